The standard InChI is InChI=1S/C9H13NO3S/c1-9(2,3)6-5(7(11)12)14-8(10-6)13-4/h1-4H3,(H,11,12). The maximum atomic E-state index is 10.9. The van der Waals surface area contributed by atoms with Crippen LogP contribution in [-0.2, 0) is 5.41 Å². The summed E-state index contributed by atoms with van der Waals surface area (Å²) in [5.74, 6) is -0.948. The molecule has 0 aliphatic carbocycles. The summed E-state index contributed by atoms with van der Waals surface area (Å²) in [6.45, 7) is 5.77. The molecule has 0 fully saturated rings. The highest BCUT2D eigenvalue weighted by atomic mass is 32.1. The predicted octanol–water partition coefficient (Wildman–Crippen LogP) is 2.15. The van der Waals surface area contributed by atoms with Crippen molar-refractivity contribution in [2.75, 3.05) is 7.11 Å². The molecule has 1 heterocycles. The van der Waals surface area contributed by atoms with Gasteiger partial charge in [0.15, 0.2) is 0 Å². The third kappa shape index (κ3) is 2.04. The first-order valence-electron chi connectivity index (χ1n) is 4.15. The van der Waals surface area contributed by atoms with E-state index in [-0.39, 0.29) is 10.3 Å². The van der Waals surface area contributed by atoms with Crippen LogP contribution >= 0.6 is 11.3 Å². The van der Waals surface area contributed by atoms with Crippen molar-refractivity contribution in [3.8, 4) is 5.19 Å². The normalized spacial score (nSPS) is 11.4. The molecule has 0 amide bonds. The van der Waals surface area contributed by atoms with Crippen molar-refractivity contribution in [2.45, 2.75) is 26.2 Å². The number of thiazole rings is 1. The van der Waals surface area contributed by atoms with Gasteiger partial charge in [-0.3, -0.25) is 0 Å². The zero-order valence-electron chi connectivity index (χ0n) is 8.62. The molecule has 1 N–H and O–H groups in total. The quantitative estimate of drug-likeness (QED) is 0.821. The van der Waals surface area contributed by atoms with Gasteiger partial charge in [-0.25, -0.2) is 9.78 Å². The monoisotopic (exact) mass is 215 g/mol. The molecule has 5 heteroatoms. The Morgan fingerprint density at radius 3 is 2.36 bits per heavy atom. The molecule has 0 aliphatic heterocycles. The van der Waals surface area contributed by atoms with E-state index in [4.69, 9.17) is 9.84 Å². The Kier molecular flexibility index (Phi) is 2.80. The number of hydrogen-bond donors (Lipinski definition) is 1. The molecule has 14 heavy (non-hydrogen) atoms. The van der Waals surface area contributed by atoms with Crippen LogP contribution in [0.5, 0.6) is 5.19 Å². The van der Waals surface area contributed by atoms with E-state index >= 15 is 0 Å². The molecular formula is C9H13NO3S. The van der Waals surface area contributed by atoms with Gasteiger partial charge in [-0.15, -0.1) is 0 Å². The highest BCUT2D eigenvalue weighted by molar-refractivity contribution is 7.15. The van der Waals surface area contributed by atoms with Crippen molar-refractivity contribution in [3.63, 3.8) is 0 Å². The second-order valence-electron chi connectivity index (χ2n) is 3.92. The molecular weight excluding hydrogens is 202 g/mol. The lowest BCUT2D eigenvalue weighted by Crippen LogP contribution is -2.16. The van der Waals surface area contributed by atoms with E-state index in [1.54, 1.807) is 0 Å². The molecule has 0 bridgehead atoms. The van der Waals surface area contributed by atoms with Gasteiger partial charge in [0.2, 0.25) is 0 Å². The number of aromatic nitrogens is 1. The Labute approximate surface area is 86.6 Å². The van der Waals surface area contributed by atoms with Crippen molar-refractivity contribution in [1.29, 1.82) is 0 Å². The van der Waals surface area contributed by atoms with Gasteiger partial charge in [0.1, 0.15) is 4.88 Å². The van der Waals surface area contributed by atoms with E-state index < -0.39 is 5.97 Å². The highest BCUT2D eigenvalue weighted by Crippen LogP contribution is 2.32. The molecule has 1 aromatic rings. The molecule has 0 aromatic carbocycles. The highest BCUT2D eigenvalue weighted by Gasteiger charge is 2.27. The van der Waals surface area contributed by atoms with Crippen LogP contribution in [0, 0.1) is 0 Å². The minimum absolute atomic E-state index is 0.259. The summed E-state index contributed by atoms with van der Waals surface area (Å²) in [5.41, 5.74) is 0.299. The van der Waals surface area contributed by atoms with Gasteiger partial charge >= 0.3 is 5.97 Å². The fraction of sp³-hybridized carbons (Fsp3) is 0.556. The Morgan fingerprint density at radius 1 is 1.50 bits per heavy atom. The molecule has 0 aliphatic rings. The minimum atomic E-state index is -0.948. The minimum Gasteiger partial charge on any atom is -0.477 e. The molecule has 1 aromatic heterocycles. The van der Waals surface area contributed by atoms with Crippen molar-refractivity contribution >= 4 is 17.3 Å². The number of nitrogens with zero attached hydrogens (tertiary/aromatic N) is 1. The fourth-order valence-electron chi connectivity index (χ4n) is 1.04. The molecule has 0 spiro atoms. The van der Waals surface area contributed by atoms with E-state index in [2.05, 4.69) is 4.98 Å². The first-order valence-corrected chi connectivity index (χ1v) is 4.96. The van der Waals surface area contributed by atoms with Gasteiger partial charge in [-0.05, 0) is 0 Å². The fourth-order valence-corrected chi connectivity index (χ4v) is 1.97. The first kappa shape index (κ1) is 11.0. The number of ether oxygens (including phenoxy) is 1. The van der Waals surface area contributed by atoms with E-state index in [0.29, 0.717) is 10.9 Å². The zero-order chi connectivity index (χ0) is 10.9. The van der Waals surface area contributed by atoms with E-state index in [1.807, 2.05) is 20.8 Å². The Morgan fingerprint density at radius 2 is 2.07 bits per heavy atom. The van der Waals surface area contributed by atoms with Gasteiger partial charge in [-0.2, -0.15) is 0 Å². The molecule has 0 radical (unpaired) electrons. The maximum Gasteiger partial charge on any atom is 0.347 e. The lowest BCUT2D eigenvalue weighted by Gasteiger charge is -2.15. The van der Waals surface area contributed by atoms with Crippen molar-refractivity contribution in [3.05, 3.63) is 10.6 Å². The van der Waals surface area contributed by atoms with Crippen LogP contribution in [0.3, 0.4) is 0 Å². The third-order valence-electron chi connectivity index (χ3n) is 1.69. The molecule has 0 saturated carbocycles. The van der Waals surface area contributed by atoms with Crippen LogP contribution in [0.2, 0.25) is 0 Å². The number of rotatable bonds is 2. The number of aromatic carboxylic acids is 1. The molecule has 0 saturated heterocycles. The van der Waals surface area contributed by atoms with Gasteiger partial charge in [-0.1, -0.05) is 32.1 Å². The van der Waals surface area contributed by atoms with Crippen LogP contribution in [0.25, 0.3) is 0 Å². The third-order valence-corrected chi connectivity index (χ3v) is 2.69. The Balaban J connectivity index is 3.26. The molecule has 78 valence electrons. The summed E-state index contributed by atoms with van der Waals surface area (Å²) in [6, 6.07) is 0. The SMILES string of the molecule is COc1nc(C(C)(C)C)c(C(=O)O)s1. The van der Waals surface area contributed by atoms with Crippen LogP contribution < -0.4 is 4.74 Å². The van der Waals surface area contributed by atoms with Crippen molar-refractivity contribution < 1.29 is 14.6 Å². The molecule has 4 nitrogen and oxygen atoms in total. The summed E-state index contributed by atoms with van der Waals surface area (Å²) >= 11 is 1.06. The average Bonchev–Trinajstić information content (AvgIpc) is 2.46. The summed E-state index contributed by atoms with van der Waals surface area (Å²) in [5, 5.41) is 9.35. The van der Waals surface area contributed by atoms with Crippen LogP contribution in [0.1, 0.15) is 36.1 Å². The summed E-state index contributed by atoms with van der Waals surface area (Å²) in [6.07, 6.45) is 0. The number of carboxylic acids is 1. The van der Waals surface area contributed by atoms with Crippen LogP contribution in [0.15, 0.2) is 0 Å². The van der Waals surface area contributed by atoms with Gasteiger partial charge in [0.05, 0.1) is 12.8 Å². The topological polar surface area (TPSA) is 59.4 Å². The Hall–Kier alpha value is -1.10. The smallest absolute Gasteiger partial charge is 0.347 e. The van der Waals surface area contributed by atoms with Gasteiger partial charge in [0.25, 0.3) is 5.19 Å². The van der Waals surface area contributed by atoms with Gasteiger partial charge < -0.3 is 9.84 Å². The Bertz CT molecular complexity index is 351. The number of methoxy groups -OCH3 is 1. The van der Waals surface area contributed by atoms with Crippen LogP contribution in [0.4, 0.5) is 0 Å². The van der Waals surface area contributed by atoms with E-state index in [1.165, 1.54) is 7.11 Å². The number of carbonyl (C=O) groups is 1. The second kappa shape index (κ2) is 3.57. The summed E-state index contributed by atoms with van der Waals surface area (Å²) in [4.78, 5) is 15.3. The predicted molar refractivity (Wildman–Crippen MR) is 54.3 cm³/mol. The summed E-state index contributed by atoms with van der Waals surface area (Å²) in [7, 11) is 1.48. The molecule has 0 atom stereocenters. The average molecular weight is 215 g/mol. The van der Waals surface area contributed by atoms with E-state index in [0.717, 1.165) is 11.3 Å². The number of carboxylic acid groups (broad SMARTS) is 1. The summed E-state index contributed by atoms with van der Waals surface area (Å²) < 4.78 is 4.92. The molecule has 0 unspecified atom stereocenters. The van der Waals surface area contributed by atoms with Crippen molar-refractivity contribution in [1.82, 2.24) is 4.98 Å². The number of hydrogen-bond acceptors (Lipinski definition) is 4. The van der Waals surface area contributed by atoms with E-state index in [9.17, 15) is 4.79 Å². The van der Waals surface area contributed by atoms with Crippen LogP contribution in [-0.4, -0.2) is 23.2 Å². The lowest BCUT2D eigenvalue weighted by molar-refractivity contribution is 0.0699. The lowest BCUT2D eigenvalue weighted by atomic mass is 9.91. The maximum absolute atomic E-state index is 10.9. The van der Waals surface area contributed by atoms with Gasteiger partial charge in [0, 0.05) is 5.41 Å². The first-order chi connectivity index (χ1) is 6.36. The zero-order valence-corrected chi connectivity index (χ0v) is 9.44. The second-order valence-corrected chi connectivity index (χ2v) is 4.88. The molecule has 1 rings (SSSR count). The van der Waals surface area contributed by atoms with Crippen molar-refractivity contribution in [2.24, 2.45) is 0 Å². The largest absolute Gasteiger partial charge is 0.477 e.